The Morgan fingerprint density at radius 3 is 2.65 bits per heavy atom. The molecule has 10 heteroatoms. The molecule has 3 heterocycles. The Morgan fingerprint density at radius 1 is 1.16 bits per heavy atom. The van der Waals surface area contributed by atoms with Gasteiger partial charge in [-0.3, -0.25) is 10.00 Å². The number of anilines is 3. The molecule has 0 bridgehead atoms. The summed E-state index contributed by atoms with van der Waals surface area (Å²) in [4.78, 5) is 18.9. The van der Waals surface area contributed by atoms with Crippen molar-refractivity contribution in [2.45, 2.75) is 13.5 Å². The molecule has 0 spiro atoms. The van der Waals surface area contributed by atoms with E-state index in [9.17, 15) is 4.79 Å². The topological polar surface area (TPSA) is 102 Å². The fraction of sp³-hybridized carbons (Fsp3) is 0.238. The van der Waals surface area contributed by atoms with Crippen molar-refractivity contribution in [2.24, 2.45) is 0 Å². The van der Waals surface area contributed by atoms with Crippen molar-refractivity contribution in [3.63, 3.8) is 0 Å². The first kappa shape index (κ1) is 20.2. The maximum atomic E-state index is 12.5. The Kier molecular flexibility index (Phi) is 5.44. The second kappa shape index (κ2) is 8.34. The lowest BCUT2D eigenvalue weighted by molar-refractivity contribution is 0.262. The summed E-state index contributed by atoms with van der Waals surface area (Å²) in [6.07, 6.45) is 3.37. The standard InChI is InChI=1S/C21H24N8O2/c1-14-9-19-24-18(10-20(27(2)3)29(19)26-14)25-21(30)23-16-11-22-28(13-16)12-15-5-7-17(31-4)8-6-15/h5-11,13H,12H2,1-4H3,(H2,23,24,25,30). The van der Waals surface area contributed by atoms with Gasteiger partial charge in [-0.1, -0.05) is 12.1 Å². The van der Waals surface area contributed by atoms with E-state index in [0.29, 0.717) is 23.7 Å². The van der Waals surface area contributed by atoms with E-state index in [1.165, 1.54) is 0 Å². The number of benzene rings is 1. The Morgan fingerprint density at radius 2 is 1.94 bits per heavy atom. The first-order valence-corrected chi connectivity index (χ1v) is 9.69. The highest BCUT2D eigenvalue weighted by Crippen LogP contribution is 2.19. The van der Waals surface area contributed by atoms with E-state index in [4.69, 9.17) is 4.74 Å². The number of carbonyl (C=O) groups excluding carboxylic acids is 1. The molecule has 0 aliphatic carbocycles. The van der Waals surface area contributed by atoms with Gasteiger partial charge in [-0.25, -0.2) is 9.78 Å². The van der Waals surface area contributed by atoms with Gasteiger partial charge in [-0.15, -0.1) is 0 Å². The summed E-state index contributed by atoms with van der Waals surface area (Å²) in [6, 6.07) is 11.0. The van der Waals surface area contributed by atoms with E-state index in [-0.39, 0.29) is 0 Å². The average Bonchev–Trinajstić information content (AvgIpc) is 3.32. The van der Waals surface area contributed by atoms with Crippen LogP contribution in [-0.2, 0) is 6.54 Å². The van der Waals surface area contributed by atoms with Crippen molar-refractivity contribution >= 4 is 29.0 Å². The number of rotatable bonds is 6. The van der Waals surface area contributed by atoms with E-state index < -0.39 is 6.03 Å². The van der Waals surface area contributed by atoms with Crippen molar-refractivity contribution in [1.29, 1.82) is 0 Å². The number of hydrogen-bond acceptors (Lipinski definition) is 6. The molecule has 31 heavy (non-hydrogen) atoms. The van der Waals surface area contributed by atoms with Crippen LogP contribution in [0.3, 0.4) is 0 Å². The molecule has 10 nitrogen and oxygen atoms in total. The monoisotopic (exact) mass is 420 g/mol. The van der Waals surface area contributed by atoms with Gasteiger partial charge in [0, 0.05) is 32.4 Å². The van der Waals surface area contributed by atoms with E-state index in [1.807, 2.05) is 56.3 Å². The summed E-state index contributed by atoms with van der Waals surface area (Å²) in [5, 5.41) is 14.3. The molecule has 160 valence electrons. The number of fused-ring (bicyclic) bond motifs is 1. The third kappa shape index (κ3) is 4.58. The second-order valence-electron chi connectivity index (χ2n) is 7.30. The van der Waals surface area contributed by atoms with E-state index in [1.54, 1.807) is 34.8 Å². The third-order valence-electron chi connectivity index (χ3n) is 4.63. The Balaban J connectivity index is 1.43. The molecule has 0 fully saturated rings. The quantitative estimate of drug-likeness (QED) is 0.497. The zero-order valence-corrected chi connectivity index (χ0v) is 17.8. The fourth-order valence-corrected chi connectivity index (χ4v) is 3.17. The molecule has 0 atom stereocenters. The molecule has 0 unspecified atom stereocenters. The molecule has 4 rings (SSSR count). The van der Waals surface area contributed by atoms with Crippen molar-refractivity contribution in [3.8, 4) is 5.75 Å². The third-order valence-corrected chi connectivity index (χ3v) is 4.63. The zero-order chi connectivity index (χ0) is 22.0. The van der Waals surface area contributed by atoms with Crippen molar-refractivity contribution in [2.75, 3.05) is 36.7 Å². The van der Waals surface area contributed by atoms with Crippen LogP contribution in [0.15, 0.2) is 48.8 Å². The second-order valence-corrected chi connectivity index (χ2v) is 7.30. The van der Waals surface area contributed by atoms with Crippen LogP contribution in [0, 0.1) is 6.92 Å². The molecular weight excluding hydrogens is 396 g/mol. The molecule has 0 saturated heterocycles. The smallest absolute Gasteiger partial charge is 0.324 e. The minimum Gasteiger partial charge on any atom is -0.497 e. The number of hydrogen-bond donors (Lipinski definition) is 2. The van der Waals surface area contributed by atoms with Gasteiger partial charge in [0.1, 0.15) is 17.4 Å². The van der Waals surface area contributed by atoms with Gasteiger partial charge in [0.05, 0.1) is 31.2 Å². The molecule has 0 aliphatic rings. The highest BCUT2D eigenvalue weighted by atomic mass is 16.5. The molecule has 2 amide bonds. The summed E-state index contributed by atoms with van der Waals surface area (Å²) >= 11 is 0. The van der Waals surface area contributed by atoms with Crippen LogP contribution in [0.4, 0.5) is 22.1 Å². The van der Waals surface area contributed by atoms with Crippen LogP contribution in [-0.4, -0.2) is 51.6 Å². The largest absolute Gasteiger partial charge is 0.497 e. The molecule has 3 aromatic heterocycles. The summed E-state index contributed by atoms with van der Waals surface area (Å²) in [5.74, 6) is 2.04. The van der Waals surface area contributed by atoms with Crippen LogP contribution >= 0.6 is 0 Å². The normalized spacial score (nSPS) is 10.8. The maximum absolute atomic E-state index is 12.5. The van der Waals surface area contributed by atoms with Crippen molar-refractivity contribution in [1.82, 2.24) is 24.4 Å². The predicted octanol–water partition coefficient (Wildman–Crippen LogP) is 3.00. The number of urea groups is 1. The van der Waals surface area contributed by atoms with E-state index in [2.05, 4.69) is 25.8 Å². The van der Waals surface area contributed by atoms with Crippen LogP contribution in [0.25, 0.3) is 5.65 Å². The lowest BCUT2D eigenvalue weighted by Crippen LogP contribution is -2.21. The van der Waals surface area contributed by atoms with Gasteiger partial charge >= 0.3 is 6.03 Å². The molecule has 2 N–H and O–H groups in total. The van der Waals surface area contributed by atoms with Crippen LogP contribution in [0.5, 0.6) is 5.75 Å². The minimum atomic E-state index is -0.401. The lowest BCUT2D eigenvalue weighted by atomic mass is 10.2. The SMILES string of the molecule is COc1ccc(Cn2cc(NC(=O)Nc3cc(N(C)C)n4nc(C)cc4n3)cn2)cc1. The molecular formula is C21H24N8O2. The van der Waals surface area contributed by atoms with Crippen LogP contribution in [0.1, 0.15) is 11.3 Å². The highest BCUT2D eigenvalue weighted by molar-refractivity contribution is 5.99. The van der Waals surface area contributed by atoms with Gasteiger partial charge in [0.15, 0.2) is 5.65 Å². The molecule has 0 saturated carbocycles. The highest BCUT2D eigenvalue weighted by Gasteiger charge is 2.12. The van der Waals surface area contributed by atoms with Crippen molar-refractivity contribution < 1.29 is 9.53 Å². The Hall–Kier alpha value is -4.08. The van der Waals surface area contributed by atoms with Crippen molar-refractivity contribution in [3.05, 3.63) is 60.0 Å². The molecule has 0 aliphatic heterocycles. The summed E-state index contributed by atoms with van der Waals surface area (Å²) in [5.41, 5.74) is 3.16. The van der Waals surface area contributed by atoms with E-state index >= 15 is 0 Å². The number of nitrogens with one attached hydrogen (secondary N) is 2. The number of ether oxygens (including phenoxy) is 1. The first-order valence-electron chi connectivity index (χ1n) is 9.69. The van der Waals surface area contributed by atoms with Gasteiger partial charge in [0.25, 0.3) is 0 Å². The summed E-state index contributed by atoms with van der Waals surface area (Å²) < 4.78 is 8.66. The maximum Gasteiger partial charge on any atom is 0.324 e. The number of amides is 2. The lowest BCUT2D eigenvalue weighted by Gasteiger charge is -2.15. The van der Waals surface area contributed by atoms with Crippen LogP contribution in [0.2, 0.25) is 0 Å². The fourth-order valence-electron chi connectivity index (χ4n) is 3.17. The minimum absolute atomic E-state index is 0.401. The summed E-state index contributed by atoms with van der Waals surface area (Å²) in [7, 11) is 5.46. The van der Waals surface area contributed by atoms with Gasteiger partial charge in [0.2, 0.25) is 0 Å². The van der Waals surface area contributed by atoms with Crippen LogP contribution < -0.4 is 20.3 Å². The number of aryl methyl sites for hydroxylation is 1. The Bertz CT molecular complexity index is 1210. The molecule has 4 aromatic rings. The van der Waals surface area contributed by atoms with Gasteiger partial charge in [-0.05, 0) is 24.6 Å². The van der Waals surface area contributed by atoms with Gasteiger partial charge in [-0.2, -0.15) is 14.7 Å². The number of nitrogens with zero attached hydrogens (tertiary/aromatic N) is 6. The summed E-state index contributed by atoms with van der Waals surface area (Å²) in [6.45, 7) is 2.48. The van der Waals surface area contributed by atoms with Gasteiger partial charge < -0.3 is 15.0 Å². The number of aromatic nitrogens is 5. The predicted molar refractivity (Wildman–Crippen MR) is 119 cm³/mol. The molecule has 1 aromatic carbocycles. The Labute approximate surface area is 179 Å². The average molecular weight is 420 g/mol. The zero-order valence-electron chi connectivity index (χ0n) is 17.8. The molecule has 0 radical (unpaired) electrons. The van der Waals surface area contributed by atoms with E-state index in [0.717, 1.165) is 22.8 Å². The number of methoxy groups -OCH3 is 1. The number of carbonyl (C=O) groups is 1. The first-order chi connectivity index (χ1) is 14.9.